The highest BCUT2D eigenvalue weighted by atomic mass is 32.2. The molecular weight excluding hydrogens is 388 g/mol. The number of benzene rings is 4. The van der Waals surface area contributed by atoms with Crippen LogP contribution in [0.5, 0.6) is 11.5 Å². The van der Waals surface area contributed by atoms with E-state index in [4.69, 9.17) is 0 Å². The van der Waals surface area contributed by atoms with Crippen molar-refractivity contribution in [2.24, 2.45) is 0 Å². The van der Waals surface area contributed by atoms with Crippen LogP contribution in [0.25, 0.3) is 10.8 Å². The number of aromatic hydroxyl groups is 2. The Kier molecular flexibility index (Phi) is 5.11. The Morgan fingerprint density at radius 1 is 0.750 bits per heavy atom. The molecule has 3 nitrogen and oxygen atoms in total. The fraction of sp³-hybridized carbons (Fsp3) is 0.0435. The molecule has 28 heavy (non-hydrogen) atoms. The largest absolute Gasteiger partial charge is 0.506 e. The van der Waals surface area contributed by atoms with Crippen molar-refractivity contribution >= 4 is 33.3 Å². The van der Waals surface area contributed by atoms with Gasteiger partial charge in [-0.15, -0.1) is 0 Å². The molecule has 4 rings (SSSR count). The number of hydrogen-bond acceptors (Lipinski definition) is 4. The monoisotopic (exact) mass is 406 g/mol. The van der Waals surface area contributed by atoms with Crippen LogP contribution in [0, 0.1) is 6.92 Å². The predicted molar refractivity (Wildman–Crippen MR) is 114 cm³/mol. The molecule has 0 heterocycles. The number of fused-ring (bicyclic) bond motifs is 1. The topological polar surface area (TPSA) is 57.5 Å². The number of rotatable bonds is 4. The lowest BCUT2D eigenvalue weighted by molar-refractivity contribution is 0.444. The lowest BCUT2D eigenvalue weighted by Crippen LogP contribution is -1.98. The first-order valence-electron chi connectivity index (χ1n) is 8.74. The molecule has 0 fully saturated rings. The zero-order valence-corrected chi connectivity index (χ0v) is 16.8. The third-order valence-corrected chi connectivity index (χ3v) is 7.16. The van der Waals surface area contributed by atoms with E-state index in [0.29, 0.717) is 20.6 Å². The minimum absolute atomic E-state index is 0.0262. The summed E-state index contributed by atoms with van der Waals surface area (Å²) in [6.07, 6.45) is 0. The Morgan fingerprint density at radius 2 is 1.32 bits per heavy atom. The molecule has 0 amide bonds. The molecule has 0 aliphatic rings. The minimum atomic E-state index is -1.65. The molecule has 5 heteroatoms. The Bertz CT molecular complexity index is 1170. The highest BCUT2D eigenvalue weighted by molar-refractivity contribution is 8.00. The number of aryl methyl sites for hydroxylation is 1. The number of phenols is 2. The van der Waals surface area contributed by atoms with Crippen LogP contribution in [0.4, 0.5) is 0 Å². The maximum absolute atomic E-state index is 13.4. The third kappa shape index (κ3) is 3.39. The first kappa shape index (κ1) is 18.6. The molecule has 0 spiro atoms. The summed E-state index contributed by atoms with van der Waals surface area (Å²) in [7, 11) is -1.65. The predicted octanol–water partition coefficient (Wildman–Crippen LogP) is 5.88. The summed E-state index contributed by atoms with van der Waals surface area (Å²) < 4.78 is 13.4. The second-order valence-corrected chi connectivity index (χ2v) is 8.90. The van der Waals surface area contributed by atoms with Gasteiger partial charge in [0.1, 0.15) is 16.4 Å². The van der Waals surface area contributed by atoms with Gasteiger partial charge in [-0.3, -0.25) is 0 Å². The van der Waals surface area contributed by atoms with Crippen molar-refractivity contribution < 1.29 is 14.4 Å². The zero-order valence-electron chi connectivity index (χ0n) is 15.1. The average Bonchev–Trinajstić information content (AvgIpc) is 2.74. The Balaban J connectivity index is 1.96. The van der Waals surface area contributed by atoms with Crippen molar-refractivity contribution in [2.45, 2.75) is 26.5 Å². The molecule has 0 aromatic heterocycles. The summed E-state index contributed by atoms with van der Waals surface area (Å²) >= 11 is 1.30. The molecule has 0 aliphatic carbocycles. The van der Waals surface area contributed by atoms with E-state index in [1.54, 1.807) is 48.5 Å². The van der Waals surface area contributed by atoms with Crippen LogP contribution in [0.3, 0.4) is 0 Å². The maximum Gasteiger partial charge on any atom is 0.141 e. The van der Waals surface area contributed by atoms with Gasteiger partial charge in [0.25, 0.3) is 0 Å². The van der Waals surface area contributed by atoms with E-state index < -0.39 is 10.8 Å². The van der Waals surface area contributed by atoms with Crippen molar-refractivity contribution in [1.29, 1.82) is 0 Å². The molecular formula is C23H18O3S2. The molecule has 1 unspecified atom stereocenters. The van der Waals surface area contributed by atoms with Gasteiger partial charge in [0.15, 0.2) is 0 Å². The summed E-state index contributed by atoms with van der Waals surface area (Å²) in [5.74, 6) is -0.0385. The second kappa shape index (κ2) is 7.70. The van der Waals surface area contributed by atoms with Crippen LogP contribution < -0.4 is 0 Å². The van der Waals surface area contributed by atoms with Gasteiger partial charge in [0, 0.05) is 20.6 Å². The molecule has 0 radical (unpaired) electrons. The van der Waals surface area contributed by atoms with Crippen LogP contribution in [0.1, 0.15) is 5.56 Å². The summed E-state index contributed by atoms with van der Waals surface area (Å²) in [6, 6.07) is 23.9. The van der Waals surface area contributed by atoms with Crippen LogP contribution in [0.2, 0.25) is 0 Å². The molecule has 0 saturated heterocycles. The van der Waals surface area contributed by atoms with Gasteiger partial charge in [-0.1, -0.05) is 71.9 Å². The van der Waals surface area contributed by atoms with E-state index in [2.05, 4.69) is 0 Å². The standard InChI is InChI=1S/C23H18O3S2/c1-15-11-13-16(14-12-15)27-22-20(24)18-9-5-6-10-19(18)21(25)23(22)28(26)17-7-3-2-4-8-17/h2-14,24-25H,1H3. The quantitative estimate of drug-likeness (QED) is 0.416. The highest BCUT2D eigenvalue weighted by Gasteiger charge is 2.25. The van der Waals surface area contributed by atoms with Crippen molar-refractivity contribution in [1.82, 2.24) is 0 Å². The zero-order chi connectivity index (χ0) is 19.7. The van der Waals surface area contributed by atoms with E-state index in [-0.39, 0.29) is 16.4 Å². The normalized spacial score (nSPS) is 12.2. The van der Waals surface area contributed by atoms with Gasteiger partial charge in [0.05, 0.1) is 15.7 Å². The summed E-state index contributed by atoms with van der Waals surface area (Å²) in [6.45, 7) is 2.00. The van der Waals surface area contributed by atoms with E-state index >= 15 is 0 Å². The van der Waals surface area contributed by atoms with Crippen molar-refractivity contribution in [3.63, 3.8) is 0 Å². The molecule has 0 aliphatic heterocycles. The van der Waals surface area contributed by atoms with E-state index in [9.17, 15) is 14.4 Å². The van der Waals surface area contributed by atoms with Crippen molar-refractivity contribution in [2.75, 3.05) is 0 Å². The molecule has 1 atom stereocenters. The highest BCUT2D eigenvalue weighted by Crippen LogP contribution is 2.49. The van der Waals surface area contributed by atoms with E-state index in [1.807, 2.05) is 37.3 Å². The minimum Gasteiger partial charge on any atom is -0.506 e. The van der Waals surface area contributed by atoms with Crippen LogP contribution in [-0.4, -0.2) is 14.4 Å². The summed E-state index contributed by atoms with van der Waals surface area (Å²) in [5.41, 5.74) is 1.13. The van der Waals surface area contributed by atoms with Gasteiger partial charge >= 0.3 is 0 Å². The maximum atomic E-state index is 13.4. The Morgan fingerprint density at radius 3 is 1.96 bits per heavy atom. The Hall–Kier alpha value is -2.76. The molecule has 0 bridgehead atoms. The Labute approximate surface area is 170 Å². The van der Waals surface area contributed by atoms with Crippen molar-refractivity contribution in [3.8, 4) is 11.5 Å². The lowest BCUT2D eigenvalue weighted by atomic mass is 10.1. The fourth-order valence-electron chi connectivity index (χ4n) is 3.01. The number of hydrogen-bond donors (Lipinski definition) is 2. The molecule has 0 saturated carbocycles. The van der Waals surface area contributed by atoms with E-state index in [0.717, 1.165) is 10.5 Å². The average molecular weight is 407 g/mol. The summed E-state index contributed by atoms with van der Waals surface area (Å²) in [4.78, 5) is 2.09. The third-order valence-electron chi connectivity index (χ3n) is 4.46. The van der Waals surface area contributed by atoms with Crippen LogP contribution in [0.15, 0.2) is 98.4 Å². The van der Waals surface area contributed by atoms with Gasteiger partial charge < -0.3 is 10.2 Å². The molecule has 2 N–H and O–H groups in total. The van der Waals surface area contributed by atoms with Gasteiger partial charge in [-0.2, -0.15) is 0 Å². The second-order valence-electron chi connectivity index (χ2n) is 6.40. The van der Waals surface area contributed by atoms with Crippen molar-refractivity contribution in [3.05, 3.63) is 84.4 Å². The SMILES string of the molecule is Cc1ccc(Sc2c(S(=O)c3ccccc3)c(O)c3ccccc3c2O)cc1. The fourth-order valence-corrected chi connectivity index (χ4v) is 5.46. The molecule has 4 aromatic carbocycles. The molecule has 140 valence electrons. The smallest absolute Gasteiger partial charge is 0.141 e. The van der Waals surface area contributed by atoms with Gasteiger partial charge in [-0.25, -0.2) is 4.21 Å². The summed E-state index contributed by atoms with van der Waals surface area (Å²) in [5, 5.41) is 23.0. The first-order chi connectivity index (χ1) is 13.6. The van der Waals surface area contributed by atoms with Crippen LogP contribution in [-0.2, 0) is 10.8 Å². The lowest BCUT2D eigenvalue weighted by Gasteiger charge is -2.16. The number of phenolic OH excluding ortho intramolecular Hbond substituents is 2. The van der Waals surface area contributed by atoms with E-state index in [1.165, 1.54) is 11.8 Å². The van der Waals surface area contributed by atoms with Crippen LogP contribution >= 0.6 is 11.8 Å². The van der Waals surface area contributed by atoms with Gasteiger partial charge in [-0.05, 0) is 31.2 Å². The first-order valence-corrected chi connectivity index (χ1v) is 10.7. The van der Waals surface area contributed by atoms with Gasteiger partial charge in [0.2, 0.25) is 0 Å². The molecule has 4 aromatic rings.